The molecule has 2 bridgehead atoms. The zero-order valence-electron chi connectivity index (χ0n) is 12.1. The average molecular weight is 284 g/mol. The van der Waals surface area contributed by atoms with Crippen molar-refractivity contribution in [1.82, 2.24) is 14.8 Å². The molecule has 2 heterocycles. The second kappa shape index (κ2) is 4.84. The van der Waals surface area contributed by atoms with Crippen LogP contribution in [0.15, 0.2) is 35.0 Å². The Balaban J connectivity index is 1.75. The first kappa shape index (κ1) is 12.8. The Morgan fingerprint density at radius 2 is 2.24 bits per heavy atom. The van der Waals surface area contributed by atoms with E-state index in [9.17, 15) is 0 Å². The first-order chi connectivity index (χ1) is 10.3. The summed E-state index contributed by atoms with van der Waals surface area (Å²) in [6.45, 7) is 3.02. The lowest BCUT2D eigenvalue weighted by Gasteiger charge is -2.24. The van der Waals surface area contributed by atoms with Crippen LogP contribution in [0, 0.1) is 11.8 Å². The predicted octanol–water partition coefficient (Wildman–Crippen LogP) is 2.56. The van der Waals surface area contributed by atoms with Crippen molar-refractivity contribution in [2.75, 3.05) is 0 Å². The van der Waals surface area contributed by atoms with Crippen LogP contribution in [0.2, 0.25) is 0 Å². The number of rotatable bonds is 4. The fraction of sp³-hybridized carbons (Fsp3) is 0.500. The zero-order chi connectivity index (χ0) is 14.4. The van der Waals surface area contributed by atoms with E-state index in [4.69, 9.17) is 15.1 Å². The Hall–Kier alpha value is -1.88. The van der Waals surface area contributed by atoms with Crippen LogP contribution in [0.25, 0.3) is 11.6 Å². The van der Waals surface area contributed by atoms with Crippen LogP contribution in [0.5, 0.6) is 0 Å². The molecule has 4 atom stereocenters. The van der Waals surface area contributed by atoms with Crippen LogP contribution < -0.4 is 5.73 Å². The van der Waals surface area contributed by atoms with Gasteiger partial charge in [0, 0.05) is 18.5 Å². The fourth-order valence-corrected chi connectivity index (χ4v) is 3.71. The van der Waals surface area contributed by atoms with Crippen molar-refractivity contribution in [2.45, 2.75) is 38.3 Å². The smallest absolute Gasteiger partial charge is 0.217 e. The minimum absolute atomic E-state index is 0.157. The third-order valence-corrected chi connectivity index (χ3v) is 4.70. The maximum atomic E-state index is 6.43. The Kier molecular flexibility index (Phi) is 2.96. The highest BCUT2D eigenvalue weighted by Crippen LogP contribution is 2.47. The molecule has 0 spiro atoms. The van der Waals surface area contributed by atoms with Gasteiger partial charge in [-0.1, -0.05) is 19.1 Å². The highest BCUT2D eigenvalue weighted by Gasteiger charge is 2.45. The number of aryl methyl sites for hydroxylation is 1. The summed E-state index contributed by atoms with van der Waals surface area (Å²) in [5, 5.41) is 4.64. The van der Waals surface area contributed by atoms with Gasteiger partial charge in [0.05, 0.1) is 6.26 Å². The molecule has 2 N–H and O–H groups in total. The molecule has 0 unspecified atom stereocenters. The highest BCUT2D eigenvalue weighted by atomic mass is 16.3. The van der Waals surface area contributed by atoms with Gasteiger partial charge in [-0.25, -0.2) is 9.67 Å². The van der Waals surface area contributed by atoms with Crippen molar-refractivity contribution in [1.29, 1.82) is 0 Å². The topological polar surface area (TPSA) is 69.9 Å². The second-order valence-electron chi connectivity index (χ2n) is 6.05. The molecule has 1 fully saturated rings. The van der Waals surface area contributed by atoms with Crippen LogP contribution in [-0.2, 0) is 6.54 Å². The first-order valence-corrected chi connectivity index (χ1v) is 7.70. The van der Waals surface area contributed by atoms with Crippen LogP contribution in [0.3, 0.4) is 0 Å². The summed E-state index contributed by atoms with van der Waals surface area (Å²) in [4.78, 5) is 4.77. The van der Waals surface area contributed by atoms with E-state index < -0.39 is 0 Å². The largest absolute Gasteiger partial charge is 0.461 e. The molecular formula is C16H20N4O. The standard InChI is InChI=1S/C16H20N4O/c1-2-7-20-16(13-10-5-6-11(9-10)14(13)17)18-15(19-20)12-4-3-8-21-12/h3-6,8,10-11,13-14H,2,7,9,17H2,1H3/t10-,11+,13-,14+/m1/s1. The summed E-state index contributed by atoms with van der Waals surface area (Å²) in [5.41, 5.74) is 6.43. The minimum atomic E-state index is 0.157. The van der Waals surface area contributed by atoms with Gasteiger partial charge in [0.15, 0.2) is 5.76 Å². The van der Waals surface area contributed by atoms with Crippen LogP contribution in [0.4, 0.5) is 0 Å². The predicted molar refractivity (Wildman–Crippen MR) is 79.5 cm³/mol. The maximum Gasteiger partial charge on any atom is 0.217 e. The van der Waals surface area contributed by atoms with Gasteiger partial charge in [0.2, 0.25) is 5.82 Å². The van der Waals surface area contributed by atoms with E-state index in [0.717, 1.165) is 31.0 Å². The summed E-state index contributed by atoms with van der Waals surface area (Å²) in [6, 6.07) is 3.92. The van der Waals surface area contributed by atoms with Crippen molar-refractivity contribution < 1.29 is 4.42 Å². The summed E-state index contributed by atoms with van der Waals surface area (Å²) < 4.78 is 7.46. The molecule has 0 amide bonds. The number of nitrogens with zero attached hydrogens (tertiary/aromatic N) is 3. The number of aromatic nitrogens is 3. The van der Waals surface area contributed by atoms with Gasteiger partial charge in [-0.15, -0.1) is 5.10 Å². The van der Waals surface area contributed by atoms with Crippen molar-refractivity contribution in [3.05, 3.63) is 36.4 Å². The van der Waals surface area contributed by atoms with E-state index in [-0.39, 0.29) is 12.0 Å². The molecule has 0 aliphatic heterocycles. The average Bonchev–Trinajstić information content (AvgIpc) is 3.23. The summed E-state index contributed by atoms with van der Waals surface area (Å²) in [6.07, 6.45) is 8.40. The van der Waals surface area contributed by atoms with Crippen molar-refractivity contribution in [2.24, 2.45) is 17.6 Å². The molecule has 0 aromatic carbocycles. The van der Waals surface area contributed by atoms with Crippen molar-refractivity contribution >= 4 is 0 Å². The van der Waals surface area contributed by atoms with E-state index in [1.54, 1.807) is 6.26 Å². The summed E-state index contributed by atoms with van der Waals surface area (Å²) in [5.74, 6) is 3.70. The van der Waals surface area contributed by atoms with Crippen molar-refractivity contribution in [3.63, 3.8) is 0 Å². The molecule has 4 rings (SSSR count). The molecule has 1 saturated carbocycles. The third-order valence-electron chi connectivity index (χ3n) is 4.70. The number of fused-ring (bicyclic) bond motifs is 2. The monoisotopic (exact) mass is 284 g/mol. The molecule has 5 nitrogen and oxygen atoms in total. The number of hydrogen-bond donors (Lipinski definition) is 1. The minimum Gasteiger partial charge on any atom is -0.461 e. The SMILES string of the molecule is CCCn1nc(-c2ccco2)nc1[C@H]1[C@@H](N)[C@H]2C=C[C@@H]1C2. The van der Waals surface area contributed by atoms with Crippen LogP contribution >= 0.6 is 0 Å². The Morgan fingerprint density at radius 1 is 1.38 bits per heavy atom. The molecule has 2 aromatic heterocycles. The molecule has 2 aliphatic carbocycles. The lowest BCUT2D eigenvalue weighted by molar-refractivity contribution is 0.443. The molecule has 0 radical (unpaired) electrons. The van der Waals surface area contributed by atoms with E-state index >= 15 is 0 Å². The van der Waals surface area contributed by atoms with E-state index in [1.807, 2.05) is 16.8 Å². The number of hydrogen-bond acceptors (Lipinski definition) is 4. The van der Waals surface area contributed by atoms with Crippen molar-refractivity contribution in [3.8, 4) is 11.6 Å². The second-order valence-corrected chi connectivity index (χ2v) is 6.05. The number of nitrogens with two attached hydrogens (primary N) is 1. The number of furan rings is 1. The molecule has 110 valence electrons. The lowest BCUT2D eigenvalue weighted by Crippen LogP contribution is -2.34. The summed E-state index contributed by atoms with van der Waals surface area (Å²) in [7, 11) is 0. The fourth-order valence-electron chi connectivity index (χ4n) is 3.71. The van der Waals surface area contributed by atoms with E-state index in [2.05, 4.69) is 24.2 Å². The molecule has 0 saturated heterocycles. The normalized spacial score (nSPS) is 30.4. The Morgan fingerprint density at radius 3 is 2.90 bits per heavy atom. The van der Waals surface area contributed by atoms with Crippen LogP contribution in [-0.4, -0.2) is 20.8 Å². The Bertz CT molecular complexity index is 658. The van der Waals surface area contributed by atoms with Gasteiger partial charge in [0.1, 0.15) is 5.82 Å². The Labute approximate surface area is 123 Å². The van der Waals surface area contributed by atoms with Gasteiger partial charge >= 0.3 is 0 Å². The van der Waals surface area contributed by atoms with Gasteiger partial charge < -0.3 is 10.2 Å². The van der Waals surface area contributed by atoms with Crippen LogP contribution in [0.1, 0.15) is 31.5 Å². The van der Waals surface area contributed by atoms with Gasteiger partial charge in [-0.2, -0.15) is 0 Å². The van der Waals surface area contributed by atoms with E-state index in [0.29, 0.717) is 17.7 Å². The zero-order valence-corrected chi connectivity index (χ0v) is 12.1. The maximum absolute atomic E-state index is 6.43. The molecule has 2 aliphatic rings. The highest BCUT2D eigenvalue weighted by molar-refractivity contribution is 5.46. The molecule has 21 heavy (non-hydrogen) atoms. The van der Waals surface area contributed by atoms with Gasteiger partial charge in [-0.05, 0) is 36.8 Å². The lowest BCUT2D eigenvalue weighted by atomic mass is 9.89. The molecular weight excluding hydrogens is 264 g/mol. The van der Waals surface area contributed by atoms with Gasteiger partial charge in [0.25, 0.3) is 0 Å². The quantitative estimate of drug-likeness (QED) is 0.876. The van der Waals surface area contributed by atoms with E-state index in [1.165, 1.54) is 0 Å². The van der Waals surface area contributed by atoms with Gasteiger partial charge in [-0.3, -0.25) is 0 Å². The number of allylic oxidation sites excluding steroid dienone is 1. The molecule has 2 aromatic rings. The summed E-state index contributed by atoms with van der Waals surface area (Å²) >= 11 is 0. The third kappa shape index (κ3) is 1.95. The molecule has 5 heteroatoms. The first-order valence-electron chi connectivity index (χ1n) is 7.70.